The number of allylic oxidation sites excluding steroid dienone is 3. The van der Waals surface area contributed by atoms with Crippen LogP contribution in [-0.2, 0) is 20.7 Å². The third-order valence-corrected chi connectivity index (χ3v) is 7.89. The number of methoxy groups -OCH3 is 2. The molecular formula is C34H35NO5. The summed E-state index contributed by atoms with van der Waals surface area (Å²) in [6, 6.07) is 23.7. The molecule has 0 amide bonds. The quantitative estimate of drug-likeness (QED) is 0.347. The number of carbonyl (C=O) groups excluding carboxylic acids is 2. The second-order valence-corrected chi connectivity index (χ2v) is 10.4. The first-order chi connectivity index (χ1) is 19.4. The highest BCUT2D eigenvalue weighted by Gasteiger charge is 2.42. The van der Waals surface area contributed by atoms with Gasteiger partial charge in [-0.3, -0.25) is 4.79 Å². The van der Waals surface area contributed by atoms with E-state index >= 15 is 0 Å². The molecule has 2 aliphatic rings. The Morgan fingerprint density at radius 1 is 0.900 bits per heavy atom. The van der Waals surface area contributed by atoms with Crippen LogP contribution >= 0.6 is 0 Å². The molecule has 0 radical (unpaired) electrons. The Labute approximate surface area is 235 Å². The fourth-order valence-electron chi connectivity index (χ4n) is 5.86. The number of benzene rings is 3. The summed E-state index contributed by atoms with van der Waals surface area (Å²) < 4.78 is 16.7. The Hall–Kier alpha value is -4.32. The molecule has 206 valence electrons. The summed E-state index contributed by atoms with van der Waals surface area (Å²) in [5.74, 6) is 0.416. The largest absolute Gasteiger partial charge is 0.493 e. The van der Waals surface area contributed by atoms with Gasteiger partial charge in [0.2, 0.25) is 0 Å². The predicted octanol–water partition coefficient (Wildman–Crippen LogP) is 6.16. The summed E-state index contributed by atoms with van der Waals surface area (Å²) in [7, 11) is 3.22. The van der Waals surface area contributed by atoms with Crippen LogP contribution in [-0.4, -0.2) is 32.6 Å². The van der Waals surface area contributed by atoms with E-state index < -0.39 is 11.9 Å². The van der Waals surface area contributed by atoms with Crippen molar-refractivity contribution in [3.63, 3.8) is 0 Å². The lowest BCUT2D eigenvalue weighted by atomic mass is 9.71. The Bertz CT molecular complexity index is 1490. The zero-order chi connectivity index (χ0) is 28.2. The molecule has 1 heterocycles. The van der Waals surface area contributed by atoms with Gasteiger partial charge in [0.25, 0.3) is 0 Å². The second-order valence-electron chi connectivity index (χ2n) is 10.4. The smallest absolute Gasteiger partial charge is 0.336 e. The van der Waals surface area contributed by atoms with Crippen LogP contribution in [0.25, 0.3) is 0 Å². The molecule has 0 saturated heterocycles. The zero-order valence-corrected chi connectivity index (χ0v) is 23.5. The molecule has 6 nitrogen and oxygen atoms in total. The number of carbonyl (C=O) groups is 2. The van der Waals surface area contributed by atoms with Crippen molar-refractivity contribution >= 4 is 11.8 Å². The summed E-state index contributed by atoms with van der Waals surface area (Å²) in [5, 5.41) is 3.44. The highest BCUT2D eigenvalue weighted by Crippen LogP contribution is 2.47. The minimum absolute atomic E-state index is 0.0248. The van der Waals surface area contributed by atoms with E-state index in [0.29, 0.717) is 41.9 Å². The van der Waals surface area contributed by atoms with E-state index in [-0.39, 0.29) is 18.3 Å². The minimum atomic E-state index is -0.486. The van der Waals surface area contributed by atoms with Crippen molar-refractivity contribution < 1.29 is 23.8 Å². The lowest BCUT2D eigenvalue weighted by Gasteiger charge is -2.37. The number of aryl methyl sites for hydroxylation is 1. The Morgan fingerprint density at radius 3 is 2.35 bits per heavy atom. The molecule has 3 aromatic carbocycles. The van der Waals surface area contributed by atoms with Crippen LogP contribution in [0.15, 0.2) is 95.3 Å². The Morgan fingerprint density at radius 2 is 1.62 bits per heavy atom. The monoisotopic (exact) mass is 537 g/mol. The molecule has 0 unspecified atom stereocenters. The molecular weight excluding hydrogens is 502 g/mol. The van der Waals surface area contributed by atoms with Gasteiger partial charge in [-0.2, -0.15) is 0 Å². The third-order valence-electron chi connectivity index (χ3n) is 7.89. The van der Waals surface area contributed by atoms with Crippen LogP contribution < -0.4 is 14.8 Å². The summed E-state index contributed by atoms with van der Waals surface area (Å²) in [4.78, 5) is 27.5. The molecule has 0 bridgehead atoms. The van der Waals surface area contributed by atoms with Crippen LogP contribution in [0, 0.1) is 6.92 Å². The van der Waals surface area contributed by atoms with Crippen molar-refractivity contribution in [1.29, 1.82) is 0 Å². The second kappa shape index (κ2) is 11.8. The maximum atomic E-state index is 13.9. The van der Waals surface area contributed by atoms with Crippen LogP contribution in [0.3, 0.4) is 0 Å². The van der Waals surface area contributed by atoms with Gasteiger partial charge in [-0.05, 0) is 60.6 Å². The SMILES string of the molecule is COc1ccc([C@H]2CC(=O)C3=C(C2)NC(C)=C(C(=O)OCCc2ccccc2)[C@H]3c2ccccc2C)cc1OC. The number of ether oxygens (including phenoxy) is 3. The number of rotatable bonds is 8. The van der Waals surface area contributed by atoms with Gasteiger partial charge < -0.3 is 19.5 Å². The molecule has 6 heteroatoms. The van der Waals surface area contributed by atoms with E-state index in [4.69, 9.17) is 14.2 Å². The van der Waals surface area contributed by atoms with E-state index in [9.17, 15) is 9.59 Å². The van der Waals surface area contributed by atoms with E-state index in [1.807, 2.05) is 86.6 Å². The van der Waals surface area contributed by atoms with Crippen molar-refractivity contribution in [2.75, 3.05) is 20.8 Å². The number of nitrogens with one attached hydrogen (secondary N) is 1. The normalized spacial score (nSPS) is 18.6. The van der Waals surface area contributed by atoms with E-state index in [2.05, 4.69) is 5.32 Å². The number of hydrogen-bond acceptors (Lipinski definition) is 6. The topological polar surface area (TPSA) is 73.9 Å². The predicted molar refractivity (Wildman–Crippen MR) is 154 cm³/mol. The van der Waals surface area contributed by atoms with Crippen molar-refractivity contribution in [3.05, 3.63) is 118 Å². The van der Waals surface area contributed by atoms with Gasteiger partial charge in [-0.25, -0.2) is 4.79 Å². The summed E-state index contributed by atoms with van der Waals surface area (Å²) in [6.07, 6.45) is 1.61. The molecule has 3 aromatic rings. The first-order valence-electron chi connectivity index (χ1n) is 13.6. The molecule has 1 N–H and O–H groups in total. The average Bonchev–Trinajstić information content (AvgIpc) is 2.96. The molecule has 0 spiro atoms. The molecule has 0 fully saturated rings. The standard InChI is InChI=1S/C34H35NO5/c1-21-10-8-9-13-26(21)32-31(34(37)40-17-16-23-11-6-5-7-12-23)22(2)35-27-18-25(19-28(36)33(27)32)24-14-15-29(38-3)30(20-24)39-4/h5-15,20,25,32,35H,16-19H2,1-4H3/t25-,32-/m1/s1. The van der Waals surface area contributed by atoms with Crippen molar-refractivity contribution in [3.8, 4) is 11.5 Å². The first-order valence-corrected chi connectivity index (χ1v) is 13.6. The van der Waals surface area contributed by atoms with Crippen LogP contribution in [0.2, 0.25) is 0 Å². The molecule has 0 aromatic heterocycles. The Kier molecular flexibility index (Phi) is 8.06. The summed E-state index contributed by atoms with van der Waals surface area (Å²) in [6.45, 7) is 4.18. The van der Waals surface area contributed by atoms with Crippen molar-refractivity contribution in [2.24, 2.45) is 0 Å². The molecule has 2 atom stereocenters. The number of ketones is 1. The molecule has 1 aliphatic carbocycles. The van der Waals surface area contributed by atoms with Crippen molar-refractivity contribution in [2.45, 2.75) is 44.9 Å². The number of Topliss-reactive ketones (excluding diaryl/α,β-unsaturated/α-hetero) is 1. The van der Waals surface area contributed by atoms with Gasteiger partial charge in [-0.1, -0.05) is 60.7 Å². The van der Waals surface area contributed by atoms with Gasteiger partial charge >= 0.3 is 5.97 Å². The van der Waals surface area contributed by atoms with Crippen LogP contribution in [0.4, 0.5) is 0 Å². The lowest BCUT2D eigenvalue weighted by Crippen LogP contribution is -2.36. The summed E-state index contributed by atoms with van der Waals surface area (Å²) in [5.41, 5.74) is 6.83. The van der Waals surface area contributed by atoms with Crippen molar-refractivity contribution in [1.82, 2.24) is 5.32 Å². The van der Waals surface area contributed by atoms with E-state index in [1.54, 1.807) is 14.2 Å². The average molecular weight is 538 g/mol. The zero-order valence-electron chi connectivity index (χ0n) is 23.5. The summed E-state index contributed by atoms with van der Waals surface area (Å²) >= 11 is 0. The molecule has 1 aliphatic heterocycles. The highest BCUT2D eigenvalue weighted by atomic mass is 16.5. The van der Waals surface area contributed by atoms with E-state index in [0.717, 1.165) is 33.6 Å². The minimum Gasteiger partial charge on any atom is -0.493 e. The third kappa shape index (κ3) is 5.39. The Balaban J connectivity index is 1.47. The number of esters is 1. The van der Waals surface area contributed by atoms with Gasteiger partial charge in [0.15, 0.2) is 17.3 Å². The fourth-order valence-corrected chi connectivity index (χ4v) is 5.86. The maximum absolute atomic E-state index is 13.9. The highest BCUT2D eigenvalue weighted by molar-refractivity contribution is 6.04. The number of dihydropyridines is 1. The molecule has 0 saturated carbocycles. The number of hydrogen-bond donors (Lipinski definition) is 1. The fraction of sp³-hybridized carbons (Fsp3) is 0.294. The lowest BCUT2D eigenvalue weighted by molar-refractivity contribution is -0.139. The molecule has 40 heavy (non-hydrogen) atoms. The van der Waals surface area contributed by atoms with Gasteiger partial charge in [0.1, 0.15) is 0 Å². The van der Waals surface area contributed by atoms with Crippen LogP contribution in [0.5, 0.6) is 11.5 Å². The molecule has 5 rings (SSSR count). The van der Waals surface area contributed by atoms with Gasteiger partial charge in [-0.15, -0.1) is 0 Å². The van der Waals surface area contributed by atoms with Crippen LogP contribution in [0.1, 0.15) is 53.9 Å². The van der Waals surface area contributed by atoms with Gasteiger partial charge in [0.05, 0.1) is 26.4 Å². The maximum Gasteiger partial charge on any atom is 0.336 e. The van der Waals surface area contributed by atoms with Gasteiger partial charge in [0, 0.05) is 35.7 Å². The van der Waals surface area contributed by atoms with E-state index in [1.165, 1.54) is 0 Å². The first kappa shape index (κ1) is 27.3.